The molecule has 4 heteroatoms. The van der Waals surface area contributed by atoms with Gasteiger partial charge in [-0.1, -0.05) is 26.0 Å². The first kappa shape index (κ1) is 13.9. The third-order valence-electron chi connectivity index (χ3n) is 3.15. The number of carbonyl (C=O) groups is 1. The van der Waals surface area contributed by atoms with E-state index in [1.165, 1.54) is 11.6 Å². The number of benzene rings is 2. The lowest BCUT2D eigenvalue weighted by atomic mass is 10.0. The Morgan fingerprint density at radius 2 is 1.70 bits per heavy atom. The quantitative estimate of drug-likeness (QED) is 0.738. The maximum atomic E-state index is 10.9. The molecule has 4 nitrogen and oxygen atoms in total. The summed E-state index contributed by atoms with van der Waals surface area (Å²) in [6.45, 7) is 4.29. The predicted molar refractivity (Wildman–Crippen MR) is 81.6 cm³/mol. The summed E-state index contributed by atoms with van der Waals surface area (Å²) in [4.78, 5) is 10.9. The molecule has 4 N–H and O–H groups in total. The average Bonchev–Trinajstić information content (AvgIpc) is 2.39. The Balaban J connectivity index is 2.17. The highest BCUT2D eigenvalue weighted by molar-refractivity contribution is 5.94. The monoisotopic (exact) mass is 270 g/mol. The Morgan fingerprint density at radius 1 is 1.10 bits per heavy atom. The molecule has 2 aromatic carbocycles. The largest absolute Gasteiger partial charge is 0.478 e. The van der Waals surface area contributed by atoms with Crippen molar-refractivity contribution in [3.8, 4) is 0 Å². The van der Waals surface area contributed by atoms with Gasteiger partial charge < -0.3 is 16.2 Å². The fourth-order valence-electron chi connectivity index (χ4n) is 1.95. The molecule has 0 atom stereocenters. The van der Waals surface area contributed by atoms with Crippen molar-refractivity contribution in [1.29, 1.82) is 0 Å². The molecule has 0 saturated heterocycles. The number of hydrogen-bond donors (Lipinski definition) is 3. The standard InChI is InChI=1S/C16H18N2O2/c1-10(2)11-3-5-12(6-4-11)18-13-7-8-14(16(19)20)15(17)9-13/h3-10,18H,17H2,1-2H3,(H,19,20). The maximum absolute atomic E-state index is 10.9. The molecule has 0 aromatic heterocycles. The Hall–Kier alpha value is -2.49. The van der Waals surface area contributed by atoms with Crippen molar-refractivity contribution in [3.05, 3.63) is 53.6 Å². The zero-order chi connectivity index (χ0) is 14.7. The van der Waals surface area contributed by atoms with E-state index < -0.39 is 5.97 Å². The summed E-state index contributed by atoms with van der Waals surface area (Å²) in [6, 6.07) is 13.0. The van der Waals surface area contributed by atoms with Crippen molar-refractivity contribution in [1.82, 2.24) is 0 Å². The number of rotatable bonds is 4. The minimum absolute atomic E-state index is 0.116. The molecule has 0 aliphatic rings. The van der Waals surface area contributed by atoms with Crippen LogP contribution in [0, 0.1) is 0 Å². The van der Waals surface area contributed by atoms with Crippen LogP contribution in [0.3, 0.4) is 0 Å². The Labute approximate surface area is 118 Å². The van der Waals surface area contributed by atoms with Crippen LogP contribution in [-0.4, -0.2) is 11.1 Å². The molecule has 0 fully saturated rings. The summed E-state index contributed by atoms with van der Waals surface area (Å²) >= 11 is 0. The summed E-state index contributed by atoms with van der Waals surface area (Å²) in [5.41, 5.74) is 9.07. The van der Waals surface area contributed by atoms with Crippen LogP contribution in [0.15, 0.2) is 42.5 Å². The molecule has 104 valence electrons. The molecule has 0 spiro atoms. The van der Waals surface area contributed by atoms with Gasteiger partial charge in [0.2, 0.25) is 0 Å². The number of nitrogen functional groups attached to an aromatic ring is 1. The van der Waals surface area contributed by atoms with E-state index in [1.54, 1.807) is 12.1 Å². The molecule has 2 aromatic rings. The van der Waals surface area contributed by atoms with Gasteiger partial charge in [0, 0.05) is 17.1 Å². The molecular weight excluding hydrogens is 252 g/mol. The first-order chi connectivity index (χ1) is 9.47. The number of nitrogens with one attached hydrogen (secondary N) is 1. The van der Waals surface area contributed by atoms with Gasteiger partial charge in [0.25, 0.3) is 0 Å². The summed E-state index contributed by atoms with van der Waals surface area (Å²) in [5.74, 6) is -0.523. The highest BCUT2D eigenvalue weighted by Gasteiger charge is 2.08. The van der Waals surface area contributed by atoms with Gasteiger partial charge >= 0.3 is 5.97 Å². The van der Waals surface area contributed by atoms with E-state index in [4.69, 9.17) is 10.8 Å². The van der Waals surface area contributed by atoms with E-state index in [-0.39, 0.29) is 11.3 Å². The summed E-state index contributed by atoms with van der Waals surface area (Å²) in [7, 11) is 0. The third-order valence-corrected chi connectivity index (χ3v) is 3.15. The van der Waals surface area contributed by atoms with Crippen LogP contribution in [0.5, 0.6) is 0 Å². The van der Waals surface area contributed by atoms with Gasteiger partial charge in [-0.2, -0.15) is 0 Å². The van der Waals surface area contributed by atoms with Gasteiger partial charge in [-0.3, -0.25) is 0 Å². The first-order valence-electron chi connectivity index (χ1n) is 6.47. The van der Waals surface area contributed by atoms with Gasteiger partial charge in [-0.25, -0.2) is 4.79 Å². The number of aromatic carboxylic acids is 1. The van der Waals surface area contributed by atoms with E-state index in [0.29, 0.717) is 5.92 Å². The Kier molecular flexibility index (Phi) is 3.94. The number of hydrogen-bond acceptors (Lipinski definition) is 3. The van der Waals surface area contributed by atoms with Crippen molar-refractivity contribution in [3.63, 3.8) is 0 Å². The number of carboxylic acid groups (broad SMARTS) is 1. The molecule has 2 rings (SSSR count). The summed E-state index contributed by atoms with van der Waals surface area (Å²) < 4.78 is 0. The molecule has 0 saturated carbocycles. The highest BCUT2D eigenvalue weighted by atomic mass is 16.4. The minimum Gasteiger partial charge on any atom is -0.478 e. The maximum Gasteiger partial charge on any atom is 0.337 e. The third kappa shape index (κ3) is 3.09. The molecule has 20 heavy (non-hydrogen) atoms. The fraction of sp³-hybridized carbons (Fsp3) is 0.188. The van der Waals surface area contributed by atoms with E-state index in [2.05, 4.69) is 31.3 Å². The molecule has 0 aliphatic carbocycles. The molecule has 0 aliphatic heterocycles. The molecule has 0 radical (unpaired) electrons. The smallest absolute Gasteiger partial charge is 0.337 e. The fourth-order valence-corrected chi connectivity index (χ4v) is 1.95. The van der Waals surface area contributed by atoms with Crippen LogP contribution in [0.2, 0.25) is 0 Å². The normalized spacial score (nSPS) is 10.6. The molecule has 0 unspecified atom stereocenters. The van der Waals surface area contributed by atoms with E-state index in [9.17, 15) is 4.79 Å². The van der Waals surface area contributed by atoms with Crippen molar-refractivity contribution in [2.24, 2.45) is 0 Å². The van der Waals surface area contributed by atoms with Crippen molar-refractivity contribution >= 4 is 23.0 Å². The second-order valence-electron chi connectivity index (χ2n) is 5.01. The van der Waals surface area contributed by atoms with Crippen LogP contribution in [0.4, 0.5) is 17.1 Å². The Bertz CT molecular complexity index is 619. The second kappa shape index (κ2) is 5.65. The highest BCUT2D eigenvalue weighted by Crippen LogP contribution is 2.23. The van der Waals surface area contributed by atoms with E-state index >= 15 is 0 Å². The lowest BCUT2D eigenvalue weighted by Crippen LogP contribution is -2.03. The van der Waals surface area contributed by atoms with Gasteiger partial charge in [-0.15, -0.1) is 0 Å². The van der Waals surface area contributed by atoms with Crippen LogP contribution < -0.4 is 11.1 Å². The summed E-state index contributed by atoms with van der Waals surface area (Å²) in [6.07, 6.45) is 0. The van der Waals surface area contributed by atoms with Crippen LogP contribution in [0.1, 0.15) is 35.7 Å². The average molecular weight is 270 g/mol. The minimum atomic E-state index is -1.02. The lowest BCUT2D eigenvalue weighted by molar-refractivity contribution is 0.0698. The van der Waals surface area contributed by atoms with Crippen molar-refractivity contribution < 1.29 is 9.90 Å². The van der Waals surface area contributed by atoms with Gasteiger partial charge in [0.1, 0.15) is 0 Å². The number of nitrogens with two attached hydrogens (primary N) is 1. The SMILES string of the molecule is CC(C)c1ccc(Nc2ccc(C(=O)O)c(N)c2)cc1. The molecule has 0 bridgehead atoms. The topological polar surface area (TPSA) is 75.3 Å². The van der Waals surface area contributed by atoms with Crippen LogP contribution in [0.25, 0.3) is 0 Å². The predicted octanol–water partition coefficient (Wildman–Crippen LogP) is 3.83. The van der Waals surface area contributed by atoms with Gasteiger partial charge in [-0.05, 0) is 41.8 Å². The second-order valence-corrected chi connectivity index (χ2v) is 5.01. The molecule has 0 heterocycles. The van der Waals surface area contributed by atoms with Gasteiger partial charge in [0.05, 0.1) is 5.56 Å². The van der Waals surface area contributed by atoms with Crippen LogP contribution >= 0.6 is 0 Å². The van der Waals surface area contributed by atoms with Crippen LogP contribution in [-0.2, 0) is 0 Å². The van der Waals surface area contributed by atoms with E-state index in [1.807, 2.05) is 12.1 Å². The number of carboxylic acids is 1. The zero-order valence-electron chi connectivity index (χ0n) is 11.6. The molecule has 0 amide bonds. The van der Waals surface area contributed by atoms with Gasteiger partial charge in [0.15, 0.2) is 0 Å². The molecular formula is C16H18N2O2. The Morgan fingerprint density at radius 3 is 2.20 bits per heavy atom. The lowest BCUT2D eigenvalue weighted by Gasteiger charge is -2.10. The first-order valence-corrected chi connectivity index (χ1v) is 6.47. The zero-order valence-corrected chi connectivity index (χ0v) is 11.6. The number of anilines is 3. The van der Waals surface area contributed by atoms with E-state index in [0.717, 1.165) is 11.4 Å². The van der Waals surface area contributed by atoms with Crippen molar-refractivity contribution in [2.45, 2.75) is 19.8 Å². The summed E-state index contributed by atoms with van der Waals surface area (Å²) in [5, 5.41) is 12.1. The van der Waals surface area contributed by atoms with Crippen molar-refractivity contribution in [2.75, 3.05) is 11.1 Å².